The molecule has 3 aromatic rings. The van der Waals surface area contributed by atoms with E-state index in [1.54, 1.807) is 49.5 Å². The number of rotatable bonds is 8. The number of amides is 1. The molecule has 1 aliphatic rings. The molecule has 0 unspecified atom stereocenters. The molecule has 0 saturated carbocycles. The number of anilines is 1. The average molecular weight is 556 g/mol. The molecule has 1 fully saturated rings. The van der Waals surface area contributed by atoms with E-state index in [9.17, 15) is 4.79 Å². The standard InChI is InChI=1S/C26H23Cl2N5O3S/c1-16-20(9-8-19(29-4)23(16)28)33-24(34)26(2,3)32(25(33)37)12-5-13-35-17-7-11-22(31-14-17)36-18-6-10-21(27)30-15-18/h6-11,14-15H,5,12-13H2,1-3H3. The summed E-state index contributed by atoms with van der Waals surface area (Å²) in [5.74, 6) is 1.37. The van der Waals surface area contributed by atoms with E-state index >= 15 is 0 Å². The van der Waals surface area contributed by atoms with Gasteiger partial charge in [-0.25, -0.2) is 14.8 Å². The summed E-state index contributed by atoms with van der Waals surface area (Å²) >= 11 is 17.8. The maximum atomic E-state index is 13.3. The van der Waals surface area contributed by atoms with Crippen LogP contribution in [0.25, 0.3) is 4.85 Å². The highest BCUT2D eigenvalue weighted by Gasteiger charge is 2.49. The Kier molecular flexibility index (Phi) is 7.83. The molecule has 4 rings (SSSR count). The van der Waals surface area contributed by atoms with Crippen molar-refractivity contribution in [2.24, 2.45) is 0 Å². The van der Waals surface area contributed by atoms with Gasteiger partial charge in [-0.3, -0.25) is 9.69 Å². The third-order valence-electron chi connectivity index (χ3n) is 5.95. The van der Waals surface area contributed by atoms with Gasteiger partial charge >= 0.3 is 0 Å². The Morgan fingerprint density at radius 1 is 1.08 bits per heavy atom. The third-order valence-corrected chi connectivity index (χ3v) is 7.05. The Balaban J connectivity index is 1.35. The van der Waals surface area contributed by atoms with E-state index in [4.69, 9.17) is 51.5 Å². The van der Waals surface area contributed by atoms with Crippen molar-refractivity contribution >= 4 is 57.8 Å². The average Bonchev–Trinajstić information content (AvgIpc) is 3.04. The summed E-state index contributed by atoms with van der Waals surface area (Å²) in [6.07, 6.45) is 3.71. The molecule has 3 heterocycles. The van der Waals surface area contributed by atoms with Gasteiger partial charge in [0.15, 0.2) is 5.11 Å². The number of ether oxygens (including phenoxy) is 2. The molecule has 0 atom stereocenters. The molecule has 1 aromatic carbocycles. The number of carbonyl (C=O) groups excluding carboxylic acids is 1. The van der Waals surface area contributed by atoms with Crippen LogP contribution in [0.15, 0.2) is 48.8 Å². The molecule has 1 saturated heterocycles. The normalized spacial score (nSPS) is 14.6. The number of pyridine rings is 2. The summed E-state index contributed by atoms with van der Waals surface area (Å²) < 4.78 is 11.5. The van der Waals surface area contributed by atoms with Crippen molar-refractivity contribution in [2.45, 2.75) is 32.7 Å². The van der Waals surface area contributed by atoms with Crippen molar-refractivity contribution in [1.29, 1.82) is 0 Å². The zero-order valence-corrected chi connectivity index (χ0v) is 22.7. The number of hydrogen-bond donors (Lipinski definition) is 0. The SMILES string of the molecule is [C-]#[N+]c1ccc(N2C(=O)C(C)(C)N(CCCOc3ccc(Oc4ccc(Cl)nc4)nc3)C2=S)c(C)c1Cl. The molecule has 8 nitrogen and oxygen atoms in total. The van der Waals surface area contributed by atoms with Crippen molar-refractivity contribution in [3.63, 3.8) is 0 Å². The zero-order valence-electron chi connectivity index (χ0n) is 20.4. The number of thiocarbonyl (C=S) groups is 1. The zero-order chi connectivity index (χ0) is 26.7. The number of aromatic nitrogens is 2. The number of halogens is 2. The van der Waals surface area contributed by atoms with Crippen molar-refractivity contribution in [3.8, 4) is 17.4 Å². The maximum absolute atomic E-state index is 13.3. The van der Waals surface area contributed by atoms with E-state index in [1.807, 2.05) is 18.7 Å². The molecular weight excluding hydrogens is 533 g/mol. The van der Waals surface area contributed by atoms with E-state index in [0.29, 0.717) is 69.2 Å². The van der Waals surface area contributed by atoms with E-state index in [-0.39, 0.29) is 5.91 Å². The van der Waals surface area contributed by atoms with Crippen LogP contribution in [0.3, 0.4) is 0 Å². The smallest absolute Gasteiger partial charge is 0.258 e. The summed E-state index contributed by atoms with van der Waals surface area (Å²) in [5, 5.41) is 1.10. The highest BCUT2D eigenvalue weighted by molar-refractivity contribution is 7.80. The van der Waals surface area contributed by atoms with Crippen molar-refractivity contribution < 1.29 is 14.3 Å². The van der Waals surface area contributed by atoms with Gasteiger partial charge in [-0.2, -0.15) is 0 Å². The molecule has 0 aliphatic carbocycles. The summed E-state index contributed by atoms with van der Waals surface area (Å²) in [7, 11) is 0. The van der Waals surface area contributed by atoms with E-state index in [0.717, 1.165) is 0 Å². The molecule has 190 valence electrons. The second kappa shape index (κ2) is 10.9. The molecule has 0 bridgehead atoms. The second-order valence-electron chi connectivity index (χ2n) is 8.74. The fourth-order valence-corrected chi connectivity index (χ4v) is 4.70. The fourth-order valence-electron chi connectivity index (χ4n) is 3.88. The van der Waals surface area contributed by atoms with Crippen LogP contribution in [0.5, 0.6) is 17.4 Å². The first-order valence-corrected chi connectivity index (χ1v) is 12.5. The predicted octanol–water partition coefficient (Wildman–Crippen LogP) is 6.62. The molecule has 37 heavy (non-hydrogen) atoms. The van der Waals surface area contributed by atoms with Crippen LogP contribution >= 0.6 is 35.4 Å². The van der Waals surface area contributed by atoms with Gasteiger partial charge in [0.2, 0.25) is 11.6 Å². The topological polar surface area (TPSA) is 72.2 Å². The summed E-state index contributed by atoms with van der Waals surface area (Å²) in [5.41, 5.74) is 0.719. The minimum atomic E-state index is -0.842. The molecule has 1 aliphatic heterocycles. The molecule has 2 aromatic heterocycles. The first-order chi connectivity index (χ1) is 17.6. The van der Waals surface area contributed by atoms with Crippen LogP contribution in [0.2, 0.25) is 10.2 Å². The van der Waals surface area contributed by atoms with Crippen LogP contribution < -0.4 is 14.4 Å². The maximum Gasteiger partial charge on any atom is 0.258 e. The quantitative estimate of drug-likeness (QED) is 0.134. The highest BCUT2D eigenvalue weighted by atomic mass is 35.5. The number of benzene rings is 1. The molecule has 0 N–H and O–H groups in total. The molecular formula is C26H23Cl2N5O3S. The summed E-state index contributed by atoms with van der Waals surface area (Å²) in [6.45, 7) is 13.6. The largest absolute Gasteiger partial charge is 0.492 e. The van der Waals surface area contributed by atoms with E-state index in [1.165, 1.54) is 11.1 Å². The Morgan fingerprint density at radius 3 is 2.46 bits per heavy atom. The molecule has 0 spiro atoms. The molecule has 11 heteroatoms. The lowest BCUT2D eigenvalue weighted by Crippen LogP contribution is -2.44. The lowest BCUT2D eigenvalue weighted by Gasteiger charge is -2.29. The minimum Gasteiger partial charge on any atom is -0.492 e. The van der Waals surface area contributed by atoms with Crippen LogP contribution in [0.4, 0.5) is 11.4 Å². The van der Waals surface area contributed by atoms with Crippen molar-refractivity contribution in [1.82, 2.24) is 14.9 Å². The van der Waals surface area contributed by atoms with Gasteiger partial charge in [0.1, 0.15) is 22.2 Å². The first-order valence-electron chi connectivity index (χ1n) is 11.3. The van der Waals surface area contributed by atoms with Gasteiger partial charge in [0.25, 0.3) is 5.91 Å². The second-order valence-corrected chi connectivity index (χ2v) is 9.87. The van der Waals surface area contributed by atoms with Gasteiger partial charge in [0, 0.05) is 12.6 Å². The van der Waals surface area contributed by atoms with Gasteiger partial charge in [-0.1, -0.05) is 29.3 Å². The minimum absolute atomic E-state index is 0.149. The number of carbonyl (C=O) groups is 1. The van der Waals surface area contributed by atoms with Gasteiger partial charge in [0.05, 0.1) is 36.3 Å². The fraction of sp³-hybridized carbons (Fsp3) is 0.269. The van der Waals surface area contributed by atoms with Gasteiger partial charge in [-0.05, 0) is 69.2 Å². The van der Waals surface area contributed by atoms with Crippen molar-refractivity contribution in [2.75, 3.05) is 18.1 Å². The van der Waals surface area contributed by atoms with Gasteiger partial charge < -0.3 is 14.4 Å². The monoisotopic (exact) mass is 555 g/mol. The molecule has 1 amide bonds. The lowest BCUT2D eigenvalue weighted by atomic mass is 10.0. The third kappa shape index (κ3) is 5.47. The van der Waals surface area contributed by atoms with E-state index in [2.05, 4.69) is 14.8 Å². The van der Waals surface area contributed by atoms with Crippen LogP contribution in [-0.4, -0.2) is 44.6 Å². The first kappa shape index (κ1) is 26.6. The van der Waals surface area contributed by atoms with Crippen LogP contribution in [0.1, 0.15) is 25.8 Å². The molecule has 0 radical (unpaired) electrons. The number of nitrogens with zero attached hydrogens (tertiary/aromatic N) is 5. The Labute approximate surface area is 230 Å². The lowest BCUT2D eigenvalue weighted by molar-refractivity contribution is -0.123. The van der Waals surface area contributed by atoms with Crippen LogP contribution in [-0.2, 0) is 4.79 Å². The Hall–Kier alpha value is -3.45. The summed E-state index contributed by atoms with van der Waals surface area (Å²) in [4.78, 5) is 28.4. The van der Waals surface area contributed by atoms with Crippen LogP contribution in [0, 0.1) is 13.5 Å². The highest BCUT2D eigenvalue weighted by Crippen LogP contribution is 2.39. The summed E-state index contributed by atoms with van der Waals surface area (Å²) in [6, 6.07) is 10.1. The van der Waals surface area contributed by atoms with E-state index < -0.39 is 5.54 Å². The Bertz CT molecular complexity index is 1370. The Morgan fingerprint density at radius 2 is 1.81 bits per heavy atom. The van der Waals surface area contributed by atoms with Crippen molar-refractivity contribution in [3.05, 3.63) is 75.9 Å². The van der Waals surface area contributed by atoms with Gasteiger partial charge in [-0.15, -0.1) is 0 Å². The number of hydrogen-bond acceptors (Lipinski definition) is 6. The predicted molar refractivity (Wildman–Crippen MR) is 147 cm³/mol.